The monoisotopic (exact) mass is 154 g/mol. The van der Waals surface area contributed by atoms with Crippen LogP contribution in [0, 0.1) is 0 Å². The Morgan fingerprint density at radius 3 is 1.12 bits per heavy atom. The van der Waals surface area contributed by atoms with Crippen molar-refractivity contribution in [3.63, 3.8) is 0 Å². The second-order valence-corrected chi connectivity index (χ2v) is 8.48. The van der Waals surface area contributed by atoms with Gasteiger partial charge in [0.05, 0.1) is 5.66 Å². The molecule has 0 aromatic rings. The van der Waals surface area contributed by atoms with E-state index in [1.54, 1.807) is 0 Å². The van der Waals surface area contributed by atoms with Crippen LogP contribution in [0.1, 0.15) is 13.8 Å². The normalized spacial score (nSPS) is 11.2. The van der Waals surface area contributed by atoms with E-state index in [-0.39, 0.29) is 12.4 Å². The van der Waals surface area contributed by atoms with Crippen LogP contribution in [0.3, 0.4) is 0 Å². The largest absolute Gasteiger partial charge is 1.00 e. The topological polar surface area (TPSA) is 0 Å². The first-order chi connectivity index (χ1) is 2.94. The Morgan fingerprint density at radius 1 is 1.00 bits per heavy atom. The van der Waals surface area contributed by atoms with E-state index in [2.05, 4.69) is 33.8 Å². The molecular formula is C6H16ClP. The average molecular weight is 155 g/mol. The van der Waals surface area contributed by atoms with Crippen LogP contribution in [0.2, 0.25) is 0 Å². The third-order valence-corrected chi connectivity index (χ3v) is 4.65. The molecule has 0 saturated carbocycles. The standard InChI is InChI=1S/C6H16P.ClH/c1-6(2)7(3,4)5;/h6H,1-5H3;1H/q+1;/p-1. The molecule has 0 aromatic heterocycles. The summed E-state index contributed by atoms with van der Waals surface area (Å²) in [6.45, 7) is 11.7. The maximum Gasteiger partial charge on any atom is 0.0633 e. The minimum Gasteiger partial charge on any atom is -1.00 e. The summed E-state index contributed by atoms with van der Waals surface area (Å²) in [6.07, 6.45) is 0. The molecule has 0 saturated heterocycles. The Bertz CT molecular complexity index is 54.0. The zero-order chi connectivity index (χ0) is 6.08. The number of hydrogen-bond acceptors (Lipinski definition) is 0. The van der Waals surface area contributed by atoms with Gasteiger partial charge in [-0.3, -0.25) is 0 Å². The van der Waals surface area contributed by atoms with E-state index in [4.69, 9.17) is 0 Å². The number of rotatable bonds is 1. The summed E-state index contributed by atoms with van der Waals surface area (Å²) >= 11 is 0. The second-order valence-electron chi connectivity index (χ2n) is 3.21. The van der Waals surface area contributed by atoms with Crippen molar-refractivity contribution >= 4 is 7.26 Å². The molecule has 0 aliphatic carbocycles. The van der Waals surface area contributed by atoms with Crippen LogP contribution in [0.4, 0.5) is 0 Å². The van der Waals surface area contributed by atoms with Gasteiger partial charge < -0.3 is 12.4 Å². The van der Waals surface area contributed by atoms with Gasteiger partial charge in [0.2, 0.25) is 0 Å². The lowest BCUT2D eigenvalue weighted by Gasteiger charge is -2.15. The molecule has 0 unspecified atom stereocenters. The zero-order valence-corrected chi connectivity index (χ0v) is 8.05. The summed E-state index contributed by atoms with van der Waals surface area (Å²) < 4.78 is 0. The second kappa shape index (κ2) is 3.69. The Kier molecular flexibility index (Phi) is 5.31. The van der Waals surface area contributed by atoms with E-state index in [1.165, 1.54) is 0 Å². The molecule has 0 radical (unpaired) electrons. The molecule has 0 nitrogen and oxygen atoms in total. The molecule has 2 heteroatoms. The SMILES string of the molecule is CC(C)[P+](C)(C)C.[Cl-]. The summed E-state index contributed by atoms with van der Waals surface area (Å²) in [7, 11) is -0.488. The molecule has 0 amide bonds. The third kappa shape index (κ3) is 4.87. The lowest BCUT2D eigenvalue weighted by molar-refractivity contribution is -0.00000191. The van der Waals surface area contributed by atoms with Crippen LogP contribution < -0.4 is 12.4 Å². The molecular weight excluding hydrogens is 138 g/mol. The molecule has 0 aliphatic heterocycles. The maximum atomic E-state index is 2.37. The summed E-state index contributed by atoms with van der Waals surface area (Å²) in [4.78, 5) is 0. The van der Waals surface area contributed by atoms with E-state index in [1.807, 2.05) is 0 Å². The quantitative estimate of drug-likeness (QED) is 0.439. The van der Waals surface area contributed by atoms with Gasteiger partial charge in [-0.15, -0.1) is 0 Å². The van der Waals surface area contributed by atoms with E-state index < -0.39 is 7.26 Å². The molecule has 0 aliphatic rings. The first-order valence-corrected chi connectivity index (χ1v) is 5.95. The molecule has 0 fully saturated rings. The summed E-state index contributed by atoms with van der Waals surface area (Å²) in [5.41, 5.74) is 0.910. The minimum absolute atomic E-state index is 0. The van der Waals surface area contributed by atoms with Crippen molar-refractivity contribution in [1.29, 1.82) is 0 Å². The number of halogens is 1. The fraction of sp³-hybridized carbons (Fsp3) is 1.00. The maximum absolute atomic E-state index is 2.37. The van der Waals surface area contributed by atoms with Crippen LogP contribution >= 0.6 is 7.26 Å². The Hall–Kier alpha value is 0.720. The van der Waals surface area contributed by atoms with Crippen molar-refractivity contribution in [2.75, 3.05) is 20.0 Å². The molecule has 52 valence electrons. The summed E-state index contributed by atoms with van der Waals surface area (Å²) in [6, 6.07) is 0. The average Bonchev–Trinajstić information content (AvgIpc) is 1.31. The van der Waals surface area contributed by atoms with Crippen LogP contribution in [0.15, 0.2) is 0 Å². The van der Waals surface area contributed by atoms with E-state index in [9.17, 15) is 0 Å². The molecule has 0 spiro atoms. The summed E-state index contributed by atoms with van der Waals surface area (Å²) in [5.74, 6) is 0. The van der Waals surface area contributed by atoms with Crippen molar-refractivity contribution in [3.05, 3.63) is 0 Å². The Labute approximate surface area is 59.8 Å². The number of hydrogen-bond donors (Lipinski definition) is 0. The highest BCUT2D eigenvalue weighted by Gasteiger charge is 2.21. The van der Waals surface area contributed by atoms with Crippen molar-refractivity contribution < 1.29 is 12.4 Å². The Morgan fingerprint density at radius 2 is 1.12 bits per heavy atom. The van der Waals surface area contributed by atoms with Gasteiger partial charge in [0.1, 0.15) is 0 Å². The third-order valence-electron chi connectivity index (χ3n) is 1.55. The molecule has 0 heterocycles. The van der Waals surface area contributed by atoms with Crippen LogP contribution in [0.25, 0.3) is 0 Å². The highest BCUT2D eigenvalue weighted by molar-refractivity contribution is 7.74. The van der Waals surface area contributed by atoms with E-state index in [0.717, 1.165) is 5.66 Å². The summed E-state index contributed by atoms with van der Waals surface area (Å²) in [5, 5.41) is 0. The Balaban J connectivity index is 0. The van der Waals surface area contributed by atoms with Crippen LogP contribution in [-0.2, 0) is 0 Å². The first kappa shape index (κ1) is 11.5. The van der Waals surface area contributed by atoms with Gasteiger partial charge in [0.15, 0.2) is 0 Å². The molecule has 0 aromatic carbocycles. The smallest absolute Gasteiger partial charge is 0.0633 e. The predicted molar refractivity (Wildman–Crippen MR) is 39.8 cm³/mol. The van der Waals surface area contributed by atoms with Crippen LogP contribution in [-0.4, -0.2) is 25.7 Å². The van der Waals surface area contributed by atoms with E-state index >= 15 is 0 Å². The molecule has 0 N–H and O–H groups in total. The lowest BCUT2D eigenvalue weighted by Crippen LogP contribution is -3.00. The van der Waals surface area contributed by atoms with Crippen molar-refractivity contribution in [2.24, 2.45) is 0 Å². The molecule has 8 heavy (non-hydrogen) atoms. The minimum atomic E-state index is -0.488. The van der Waals surface area contributed by atoms with Crippen molar-refractivity contribution in [2.45, 2.75) is 19.5 Å². The fourth-order valence-electron chi connectivity index (χ4n) is 0. The lowest BCUT2D eigenvalue weighted by atomic mass is 10.6. The molecule has 0 bridgehead atoms. The van der Waals surface area contributed by atoms with Gasteiger partial charge in [-0.2, -0.15) is 0 Å². The van der Waals surface area contributed by atoms with Gasteiger partial charge in [0.25, 0.3) is 0 Å². The van der Waals surface area contributed by atoms with Gasteiger partial charge >= 0.3 is 0 Å². The highest BCUT2D eigenvalue weighted by Crippen LogP contribution is 2.51. The fourth-order valence-corrected chi connectivity index (χ4v) is 0. The van der Waals surface area contributed by atoms with Crippen LogP contribution in [0.5, 0.6) is 0 Å². The highest BCUT2D eigenvalue weighted by atomic mass is 35.5. The zero-order valence-electron chi connectivity index (χ0n) is 6.40. The van der Waals surface area contributed by atoms with Gasteiger partial charge in [-0.1, -0.05) is 0 Å². The molecule has 0 atom stereocenters. The van der Waals surface area contributed by atoms with Gasteiger partial charge in [0, 0.05) is 27.3 Å². The van der Waals surface area contributed by atoms with Gasteiger partial charge in [-0.05, 0) is 13.8 Å². The molecule has 0 rings (SSSR count). The van der Waals surface area contributed by atoms with Crippen molar-refractivity contribution in [1.82, 2.24) is 0 Å². The first-order valence-electron chi connectivity index (χ1n) is 2.75. The van der Waals surface area contributed by atoms with Gasteiger partial charge in [-0.25, -0.2) is 0 Å². The van der Waals surface area contributed by atoms with Crippen molar-refractivity contribution in [3.8, 4) is 0 Å². The predicted octanol–water partition coefficient (Wildman–Crippen LogP) is -0.694. The van der Waals surface area contributed by atoms with E-state index in [0.29, 0.717) is 0 Å².